The van der Waals surface area contributed by atoms with Crippen molar-refractivity contribution in [1.29, 1.82) is 0 Å². The third kappa shape index (κ3) is 2.20. The number of rotatable bonds is 1. The molecule has 12 heavy (non-hydrogen) atoms. The van der Waals surface area contributed by atoms with E-state index in [2.05, 4.69) is 4.74 Å². The second-order valence-corrected chi connectivity index (χ2v) is 2.83. The molecule has 1 fully saturated rings. The Hall–Kier alpha value is -1.10. The summed E-state index contributed by atoms with van der Waals surface area (Å²) in [6.07, 6.45) is 2.81. The normalized spacial score (nSPS) is 17.4. The van der Waals surface area contributed by atoms with Crippen molar-refractivity contribution in [3.8, 4) is 0 Å². The van der Waals surface area contributed by atoms with Gasteiger partial charge in [-0.1, -0.05) is 12.8 Å². The molecule has 0 radical (unpaired) electrons. The summed E-state index contributed by atoms with van der Waals surface area (Å²) >= 11 is 0. The summed E-state index contributed by atoms with van der Waals surface area (Å²) in [5.41, 5.74) is 1.74. The molecule has 0 aromatic carbocycles. The summed E-state index contributed by atoms with van der Waals surface area (Å²) in [7, 11) is 0. The molecule has 1 rings (SSSR count). The van der Waals surface area contributed by atoms with Crippen molar-refractivity contribution in [2.45, 2.75) is 25.7 Å². The fourth-order valence-electron chi connectivity index (χ4n) is 1.37. The predicted molar refractivity (Wildman–Crippen MR) is 40.8 cm³/mol. The van der Waals surface area contributed by atoms with Gasteiger partial charge in [0, 0.05) is 0 Å². The third-order valence-electron chi connectivity index (χ3n) is 2.00. The molecular weight excluding hydrogens is 160 g/mol. The number of nitrogens with one attached hydrogen (secondary N) is 1. The highest BCUT2D eigenvalue weighted by Crippen LogP contribution is 2.25. The summed E-state index contributed by atoms with van der Waals surface area (Å²) in [5.74, 6) is 4.17. The first-order valence-electron chi connectivity index (χ1n) is 3.96. The summed E-state index contributed by atoms with van der Waals surface area (Å²) < 4.78 is 4.37. The maximum absolute atomic E-state index is 11.1. The summed E-state index contributed by atoms with van der Waals surface area (Å²) in [4.78, 5) is 21.6. The molecule has 0 unspecified atom stereocenters. The highest BCUT2D eigenvalue weighted by Gasteiger charge is 2.25. The first kappa shape index (κ1) is 8.99. The number of hydrogen-bond donors (Lipinski definition) is 2. The van der Waals surface area contributed by atoms with Crippen LogP contribution >= 0.6 is 0 Å². The largest absolute Gasteiger partial charge is 0.429 e. The quantitative estimate of drug-likeness (QED) is 0.196. The van der Waals surface area contributed by atoms with Crippen molar-refractivity contribution >= 4 is 12.1 Å². The molecule has 0 aromatic rings. The van der Waals surface area contributed by atoms with Crippen LogP contribution in [0.15, 0.2) is 0 Å². The molecule has 0 atom stereocenters. The van der Waals surface area contributed by atoms with E-state index in [-0.39, 0.29) is 5.92 Å². The molecule has 5 nitrogen and oxygen atoms in total. The molecule has 1 amide bonds. The van der Waals surface area contributed by atoms with E-state index in [4.69, 9.17) is 5.84 Å². The number of carbonyl (C=O) groups excluding carboxylic acids is 2. The summed E-state index contributed by atoms with van der Waals surface area (Å²) in [5, 5.41) is 0. The van der Waals surface area contributed by atoms with Crippen molar-refractivity contribution in [2.24, 2.45) is 11.8 Å². The Morgan fingerprint density at radius 1 is 1.33 bits per heavy atom. The minimum absolute atomic E-state index is 0.109. The van der Waals surface area contributed by atoms with E-state index in [9.17, 15) is 9.59 Å². The Morgan fingerprint density at radius 3 is 2.42 bits per heavy atom. The molecule has 5 heteroatoms. The Bertz CT molecular complexity index is 187. The molecule has 0 saturated heterocycles. The van der Waals surface area contributed by atoms with Crippen LogP contribution in [0.5, 0.6) is 0 Å². The van der Waals surface area contributed by atoms with E-state index in [1.54, 1.807) is 5.43 Å². The number of esters is 1. The number of hydrogen-bond acceptors (Lipinski definition) is 4. The molecule has 3 N–H and O–H groups in total. The highest BCUT2D eigenvalue weighted by molar-refractivity contribution is 5.85. The zero-order valence-corrected chi connectivity index (χ0v) is 6.71. The van der Waals surface area contributed by atoms with Gasteiger partial charge in [-0.2, -0.15) is 0 Å². The van der Waals surface area contributed by atoms with E-state index >= 15 is 0 Å². The fourth-order valence-corrected chi connectivity index (χ4v) is 1.37. The van der Waals surface area contributed by atoms with Crippen molar-refractivity contribution in [3.63, 3.8) is 0 Å². The first-order valence-corrected chi connectivity index (χ1v) is 3.96. The SMILES string of the molecule is NNC(=O)OC(=O)C1CCCC1. The van der Waals surface area contributed by atoms with Crippen LogP contribution in [-0.2, 0) is 9.53 Å². The van der Waals surface area contributed by atoms with E-state index in [0.717, 1.165) is 25.7 Å². The van der Waals surface area contributed by atoms with Crippen LogP contribution in [0.2, 0.25) is 0 Å². The molecule has 0 aromatic heterocycles. The topological polar surface area (TPSA) is 81.4 Å². The van der Waals surface area contributed by atoms with Gasteiger partial charge in [0.15, 0.2) is 0 Å². The van der Waals surface area contributed by atoms with Gasteiger partial charge in [0.2, 0.25) is 0 Å². The van der Waals surface area contributed by atoms with E-state index < -0.39 is 12.1 Å². The number of carbonyl (C=O) groups is 2. The minimum atomic E-state index is -0.882. The van der Waals surface area contributed by atoms with Gasteiger partial charge >= 0.3 is 12.1 Å². The summed E-state index contributed by atoms with van der Waals surface area (Å²) in [6, 6.07) is 0. The van der Waals surface area contributed by atoms with Crippen LogP contribution in [0.4, 0.5) is 4.79 Å². The van der Waals surface area contributed by atoms with Gasteiger partial charge in [-0.3, -0.25) is 10.2 Å². The molecule has 0 heterocycles. The maximum Gasteiger partial charge on any atom is 0.429 e. The predicted octanol–water partition coefficient (Wildman–Crippen LogP) is 0.303. The molecule has 0 spiro atoms. The smallest absolute Gasteiger partial charge is 0.375 e. The Morgan fingerprint density at radius 2 is 1.92 bits per heavy atom. The van der Waals surface area contributed by atoms with Crippen LogP contribution in [0.25, 0.3) is 0 Å². The lowest BCUT2D eigenvalue weighted by atomic mass is 10.1. The van der Waals surface area contributed by atoms with Crippen LogP contribution in [0.3, 0.4) is 0 Å². The lowest BCUT2D eigenvalue weighted by Crippen LogP contribution is -2.33. The minimum Gasteiger partial charge on any atom is -0.375 e. The van der Waals surface area contributed by atoms with Crippen LogP contribution in [0, 0.1) is 5.92 Å². The number of nitrogens with two attached hydrogens (primary N) is 1. The monoisotopic (exact) mass is 172 g/mol. The molecule has 1 aliphatic carbocycles. The van der Waals surface area contributed by atoms with Gasteiger partial charge < -0.3 is 4.74 Å². The molecule has 0 aliphatic heterocycles. The van der Waals surface area contributed by atoms with Gasteiger partial charge in [-0.15, -0.1) is 0 Å². The van der Waals surface area contributed by atoms with Gasteiger partial charge in [0.05, 0.1) is 5.92 Å². The second kappa shape index (κ2) is 4.06. The second-order valence-electron chi connectivity index (χ2n) is 2.83. The van der Waals surface area contributed by atoms with Crippen LogP contribution in [-0.4, -0.2) is 12.1 Å². The lowest BCUT2D eigenvalue weighted by Gasteiger charge is -2.06. The molecule has 1 saturated carbocycles. The standard InChI is InChI=1S/C7H12N2O3/c8-9-7(11)12-6(10)5-3-1-2-4-5/h5H,1-4,8H2,(H,9,11). The van der Waals surface area contributed by atoms with Gasteiger partial charge in [-0.05, 0) is 12.8 Å². The van der Waals surface area contributed by atoms with Crippen LogP contribution < -0.4 is 11.3 Å². The Labute approximate surface area is 70.2 Å². The van der Waals surface area contributed by atoms with Crippen molar-refractivity contribution < 1.29 is 14.3 Å². The van der Waals surface area contributed by atoms with Crippen LogP contribution in [0.1, 0.15) is 25.7 Å². The average molecular weight is 172 g/mol. The molecule has 0 bridgehead atoms. The lowest BCUT2D eigenvalue weighted by molar-refractivity contribution is -0.141. The van der Waals surface area contributed by atoms with E-state index in [1.165, 1.54) is 0 Å². The maximum atomic E-state index is 11.1. The van der Waals surface area contributed by atoms with Gasteiger partial charge in [0.1, 0.15) is 0 Å². The fraction of sp³-hybridized carbons (Fsp3) is 0.714. The van der Waals surface area contributed by atoms with Crippen molar-refractivity contribution in [1.82, 2.24) is 5.43 Å². The molecular formula is C7H12N2O3. The van der Waals surface area contributed by atoms with E-state index in [0.29, 0.717) is 0 Å². The molecule has 68 valence electrons. The van der Waals surface area contributed by atoms with Crippen molar-refractivity contribution in [2.75, 3.05) is 0 Å². The highest BCUT2D eigenvalue weighted by atomic mass is 16.6. The third-order valence-corrected chi connectivity index (χ3v) is 2.00. The zero-order chi connectivity index (χ0) is 8.97. The molecule has 1 aliphatic rings. The van der Waals surface area contributed by atoms with E-state index in [1.807, 2.05) is 0 Å². The van der Waals surface area contributed by atoms with Gasteiger partial charge in [0.25, 0.3) is 0 Å². The number of amides is 1. The van der Waals surface area contributed by atoms with Gasteiger partial charge in [-0.25, -0.2) is 10.6 Å². The number of ether oxygens (including phenoxy) is 1. The average Bonchev–Trinajstić information content (AvgIpc) is 2.56. The zero-order valence-electron chi connectivity index (χ0n) is 6.71. The summed E-state index contributed by atoms with van der Waals surface area (Å²) in [6.45, 7) is 0. The Kier molecular flexibility index (Phi) is 3.04. The first-order chi connectivity index (χ1) is 5.74. The van der Waals surface area contributed by atoms with Crippen molar-refractivity contribution in [3.05, 3.63) is 0 Å². The number of hydrazine groups is 1. The Balaban J connectivity index is 2.32.